The number of allylic oxidation sites excluding steroid dienone is 2. The molecule has 0 spiro atoms. The van der Waals surface area contributed by atoms with Gasteiger partial charge in [-0.25, -0.2) is 0 Å². The standard InChI is InChI=1S/C10H16O/c1-10(2,3)9(11)7-8-5-4-6-8/h7H,4-6H2,1-3H3. The SMILES string of the molecule is CC(C)(C)C(=O)C=C1CCC1. The van der Waals surface area contributed by atoms with E-state index in [1.54, 1.807) is 0 Å². The first-order chi connectivity index (χ1) is 5.00. The minimum absolute atomic E-state index is 0.192. The molecule has 1 aliphatic carbocycles. The molecule has 0 aliphatic heterocycles. The van der Waals surface area contributed by atoms with Crippen molar-refractivity contribution in [1.29, 1.82) is 0 Å². The second kappa shape index (κ2) is 2.80. The summed E-state index contributed by atoms with van der Waals surface area (Å²) in [5.74, 6) is 0.271. The van der Waals surface area contributed by atoms with E-state index in [4.69, 9.17) is 0 Å². The number of hydrogen-bond acceptors (Lipinski definition) is 1. The van der Waals surface area contributed by atoms with Gasteiger partial charge in [-0.2, -0.15) is 0 Å². The molecule has 1 saturated carbocycles. The van der Waals surface area contributed by atoms with Crippen molar-refractivity contribution >= 4 is 5.78 Å². The molecular weight excluding hydrogens is 136 g/mol. The van der Waals surface area contributed by atoms with Gasteiger partial charge in [-0.1, -0.05) is 26.3 Å². The molecule has 0 atom stereocenters. The maximum Gasteiger partial charge on any atom is 0.160 e. The lowest BCUT2D eigenvalue weighted by Crippen LogP contribution is -2.18. The zero-order valence-corrected chi connectivity index (χ0v) is 7.61. The summed E-state index contributed by atoms with van der Waals surface area (Å²) in [7, 11) is 0. The van der Waals surface area contributed by atoms with Crippen molar-refractivity contribution in [2.45, 2.75) is 40.0 Å². The Hall–Kier alpha value is -0.590. The maximum atomic E-state index is 11.4. The van der Waals surface area contributed by atoms with Crippen molar-refractivity contribution < 1.29 is 4.79 Å². The molecule has 0 heterocycles. The summed E-state index contributed by atoms with van der Waals surface area (Å²) in [6.45, 7) is 5.89. The minimum Gasteiger partial charge on any atom is -0.294 e. The largest absolute Gasteiger partial charge is 0.294 e. The fourth-order valence-electron chi connectivity index (χ4n) is 0.927. The van der Waals surface area contributed by atoms with Crippen LogP contribution < -0.4 is 0 Å². The van der Waals surface area contributed by atoms with Gasteiger partial charge >= 0.3 is 0 Å². The van der Waals surface area contributed by atoms with Crippen LogP contribution in [-0.4, -0.2) is 5.78 Å². The van der Waals surface area contributed by atoms with Crippen LogP contribution in [0.2, 0.25) is 0 Å². The lowest BCUT2D eigenvalue weighted by atomic mass is 9.85. The molecule has 0 bridgehead atoms. The first-order valence-electron chi connectivity index (χ1n) is 4.24. The molecule has 0 aromatic carbocycles. The van der Waals surface area contributed by atoms with Crippen molar-refractivity contribution in [2.75, 3.05) is 0 Å². The predicted octanol–water partition coefficient (Wildman–Crippen LogP) is 2.71. The van der Waals surface area contributed by atoms with Gasteiger partial charge in [-0.15, -0.1) is 0 Å². The maximum absolute atomic E-state index is 11.4. The molecule has 0 aromatic heterocycles. The van der Waals surface area contributed by atoms with E-state index in [0.29, 0.717) is 0 Å². The van der Waals surface area contributed by atoms with Gasteiger partial charge in [0.1, 0.15) is 0 Å². The Balaban J connectivity index is 2.55. The molecule has 0 amide bonds. The second-order valence-corrected chi connectivity index (χ2v) is 4.27. The number of rotatable bonds is 1. The molecular formula is C10H16O. The van der Waals surface area contributed by atoms with Gasteiger partial charge in [0.05, 0.1) is 0 Å². The monoisotopic (exact) mass is 152 g/mol. The average molecular weight is 152 g/mol. The Morgan fingerprint density at radius 1 is 1.36 bits per heavy atom. The average Bonchev–Trinajstić information content (AvgIpc) is 1.75. The molecule has 1 rings (SSSR count). The highest BCUT2D eigenvalue weighted by Crippen LogP contribution is 2.27. The molecule has 0 radical (unpaired) electrons. The van der Waals surface area contributed by atoms with Crippen LogP contribution in [-0.2, 0) is 4.79 Å². The molecule has 0 saturated heterocycles. The van der Waals surface area contributed by atoms with Crippen LogP contribution in [0.5, 0.6) is 0 Å². The lowest BCUT2D eigenvalue weighted by molar-refractivity contribution is -0.121. The van der Waals surface area contributed by atoms with Crippen LogP contribution in [0.1, 0.15) is 40.0 Å². The molecule has 62 valence electrons. The summed E-state index contributed by atoms with van der Waals surface area (Å²) in [5.41, 5.74) is 1.15. The molecule has 0 unspecified atom stereocenters. The van der Waals surface area contributed by atoms with Crippen LogP contribution >= 0.6 is 0 Å². The zero-order valence-electron chi connectivity index (χ0n) is 7.61. The second-order valence-electron chi connectivity index (χ2n) is 4.27. The molecule has 0 aromatic rings. The summed E-state index contributed by atoms with van der Waals surface area (Å²) >= 11 is 0. The van der Waals surface area contributed by atoms with Gasteiger partial charge in [-0.3, -0.25) is 4.79 Å². The third-order valence-electron chi connectivity index (χ3n) is 2.07. The predicted molar refractivity (Wildman–Crippen MR) is 46.4 cm³/mol. The molecule has 1 fully saturated rings. The Labute approximate surface area is 68.5 Å². The van der Waals surface area contributed by atoms with E-state index >= 15 is 0 Å². The molecule has 0 N–H and O–H groups in total. The number of carbonyl (C=O) groups is 1. The highest BCUT2D eigenvalue weighted by Gasteiger charge is 2.20. The van der Waals surface area contributed by atoms with Gasteiger partial charge in [-0.05, 0) is 25.3 Å². The van der Waals surface area contributed by atoms with E-state index in [1.165, 1.54) is 12.0 Å². The van der Waals surface area contributed by atoms with Crippen LogP contribution in [0.15, 0.2) is 11.6 Å². The van der Waals surface area contributed by atoms with Gasteiger partial charge in [0.15, 0.2) is 5.78 Å². The molecule has 11 heavy (non-hydrogen) atoms. The summed E-state index contributed by atoms with van der Waals surface area (Å²) < 4.78 is 0. The van der Waals surface area contributed by atoms with Crippen LogP contribution in [0.3, 0.4) is 0 Å². The van der Waals surface area contributed by atoms with Gasteiger partial charge in [0, 0.05) is 5.41 Å². The van der Waals surface area contributed by atoms with E-state index in [9.17, 15) is 4.79 Å². The van der Waals surface area contributed by atoms with E-state index in [-0.39, 0.29) is 11.2 Å². The van der Waals surface area contributed by atoms with Crippen LogP contribution in [0.25, 0.3) is 0 Å². The first-order valence-corrected chi connectivity index (χ1v) is 4.24. The van der Waals surface area contributed by atoms with Crippen molar-refractivity contribution in [3.8, 4) is 0 Å². The Morgan fingerprint density at radius 2 is 1.91 bits per heavy atom. The first kappa shape index (κ1) is 8.51. The Bertz CT molecular complexity index is 187. The fraction of sp³-hybridized carbons (Fsp3) is 0.700. The topological polar surface area (TPSA) is 17.1 Å². The van der Waals surface area contributed by atoms with Gasteiger partial charge in [0.25, 0.3) is 0 Å². The summed E-state index contributed by atoms with van der Waals surface area (Å²) in [6, 6.07) is 0. The van der Waals surface area contributed by atoms with Gasteiger partial charge < -0.3 is 0 Å². The molecule has 1 nitrogen and oxygen atoms in total. The summed E-state index contributed by atoms with van der Waals surface area (Å²) in [6.07, 6.45) is 5.39. The Morgan fingerprint density at radius 3 is 2.18 bits per heavy atom. The fourth-order valence-corrected chi connectivity index (χ4v) is 0.927. The van der Waals surface area contributed by atoms with Crippen LogP contribution in [0.4, 0.5) is 0 Å². The minimum atomic E-state index is -0.192. The van der Waals surface area contributed by atoms with Crippen molar-refractivity contribution in [2.24, 2.45) is 5.41 Å². The third-order valence-corrected chi connectivity index (χ3v) is 2.07. The third kappa shape index (κ3) is 2.18. The van der Waals surface area contributed by atoms with Crippen molar-refractivity contribution in [3.05, 3.63) is 11.6 Å². The van der Waals surface area contributed by atoms with Gasteiger partial charge in [0.2, 0.25) is 0 Å². The van der Waals surface area contributed by atoms with E-state index in [0.717, 1.165) is 12.8 Å². The van der Waals surface area contributed by atoms with Crippen molar-refractivity contribution in [1.82, 2.24) is 0 Å². The Kier molecular flexibility index (Phi) is 2.17. The highest BCUT2D eigenvalue weighted by atomic mass is 16.1. The summed E-state index contributed by atoms with van der Waals surface area (Å²) in [4.78, 5) is 11.4. The summed E-state index contributed by atoms with van der Waals surface area (Å²) in [5, 5.41) is 0. The number of hydrogen-bond donors (Lipinski definition) is 0. The van der Waals surface area contributed by atoms with Crippen LogP contribution in [0, 0.1) is 5.41 Å². The molecule has 1 aliphatic rings. The zero-order chi connectivity index (χ0) is 8.48. The smallest absolute Gasteiger partial charge is 0.160 e. The lowest BCUT2D eigenvalue weighted by Gasteiger charge is -2.19. The van der Waals surface area contributed by atoms with E-state index < -0.39 is 0 Å². The number of carbonyl (C=O) groups excluding carboxylic acids is 1. The molecule has 1 heteroatoms. The number of ketones is 1. The quantitative estimate of drug-likeness (QED) is 0.528. The normalized spacial score (nSPS) is 17.5. The van der Waals surface area contributed by atoms with E-state index in [1.807, 2.05) is 26.8 Å². The van der Waals surface area contributed by atoms with Crippen molar-refractivity contribution in [3.63, 3.8) is 0 Å². The van der Waals surface area contributed by atoms with E-state index in [2.05, 4.69) is 0 Å². The highest BCUT2D eigenvalue weighted by molar-refractivity contribution is 5.94.